The van der Waals surface area contributed by atoms with Crippen LogP contribution in [0, 0.1) is 5.41 Å². The Balaban J connectivity index is 1.92. The fourth-order valence-corrected chi connectivity index (χ4v) is 2.72. The average Bonchev–Trinajstić information content (AvgIpc) is 2.98. The number of halogens is 1. The summed E-state index contributed by atoms with van der Waals surface area (Å²) in [5.74, 6) is 0.906. The molecule has 3 rings (SSSR count). The molecule has 0 atom stereocenters. The number of amidine groups is 1. The van der Waals surface area contributed by atoms with Crippen LogP contribution >= 0.6 is 23.4 Å². The lowest BCUT2D eigenvalue weighted by molar-refractivity contribution is -0.115. The van der Waals surface area contributed by atoms with Gasteiger partial charge in [-0.1, -0.05) is 23.7 Å². The molecule has 2 aromatic rings. The third-order valence-electron chi connectivity index (χ3n) is 2.70. The fraction of sp³-hybridized carbons (Fsp3) is 0. The highest BCUT2D eigenvalue weighted by atomic mass is 35.5. The molecule has 1 fully saturated rings. The number of amides is 1. The molecule has 2 heterocycles. The van der Waals surface area contributed by atoms with Gasteiger partial charge in [-0.25, -0.2) is 0 Å². The second-order valence-electron chi connectivity index (χ2n) is 4.08. The van der Waals surface area contributed by atoms with E-state index >= 15 is 0 Å². The molecule has 0 spiro atoms. The Morgan fingerprint density at radius 1 is 1.25 bits per heavy atom. The van der Waals surface area contributed by atoms with E-state index in [2.05, 4.69) is 5.32 Å². The number of hydrogen-bond acceptors (Lipinski definition) is 4. The van der Waals surface area contributed by atoms with Crippen molar-refractivity contribution in [2.24, 2.45) is 0 Å². The van der Waals surface area contributed by atoms with Crippen LogP contribution in [-0.4, -0.2) is 11.1 Å². The molecule has 0 radical (unpaired) electrons. The van der Waals surface area contributed by atoms with Crippen LogP contribution in [0.1, 0.15) is 5.76 Å². The zero-order valence-corrected chi connectivity index (χ0v) is 11.7. The minimum absolute atomic E-state index is 0.124. The molecule has 4 nitrogen and oxygen atoms in total. The third kappa shape index (κ3) is 2.50. The molecule has 0 unspecified atom stereocenters. The van der Waals surface area contributed by atoms with Crippen molar-refractivity contribution in [3.8, 4) is 11.3 Å². The van der Waals surface area contributed by atoms with Gasteiger partial charge in [-0.2, -0.15) is 0 Å². The van der Waals surface area contributed by atoms with Gasteiger partial charge in [0.1, 0.15) is 11.5 Å². The molecule has 6 heteroatoms. The predicted molar refractivity (Wildman–Crippen MR) is 80.6 cm³/mol. The van der Waals surface area contributed by atoms with E-state index in [1.807, 2.05) is 18.2 Å². The summed E-state index contributed by atoms with van der Waals surface area (Å²) in [5.41, 5.74) is 0.801. The van der Waals surface area contributed by atoms with E-state index < -0.39 is 0 Å². The molecular weight excluding hydrogens is 296 g/mol. The van der Waals surface area contributed by atoms with Crippen molar-refractivity contribution < 1.29 is 9.21 Å². The maximum atomic E-state index is 11.5. The van der Waals surface area contributed by atoms with Crippen molar-refractivity contribution in [3.05, 3.63) is 52.1 Å². The minimum Gasteiger partial charge on any atom is -0.457 e. The highest BCUT2D eigenvalue weighted by Gasteiger charge is 2.22. The zero-order chi connectivity index (χ0) is 14.1. The number of carbonyl (C=O) groups excluding carboxylic acids is 1. The van der Waals surface area contributed by atoms with Gasteiger partial charge in [0.2, 0.25) is 0 Å². The van der Waals surface area contributed by atoms with Gasteiger partial charge in [0.25, 0.3) is 5.91 Å². The lowest BCUT2D eigenvalue weighted by Crippen LogP contribution is -2.18. The van der Waals surface area contributed by atoms with Gasteiger partial charge in [0.15, 0.2) is 5.17 Å². The van der Waals surface area contributed by atoms with Crippen LogP contribution in [0.15, 0.2) is 45.7 Å². The Kier molecular flexibility index (Phi) is 3.38. The van der Waals surface area contributed by atoms with Gasteiger partial charge in [-0.15, -0.1) is 0 Å². The van der Waals surface area contributed by atoms with Crippen LogP contribution in [0.4, 0.5) is 0 Å². The van der Waals surface area contributed by atoms with Crippen molar-refractivity contribution in [2.45, 2.75) is 0 Å². The zero-order valence-electron chi connectivity index (χ0n) is 10.1. The minimum atomic E-state index is -0.282. The van der Waals surface area contributed by atoms with E-state index in [1.54, 1.807) is 24.3 Å². The van der Waals surface area contributed by atoms with Crippen LogP contribution in [0.2, 0.25) is 5.02 Å². The summed E-state index contributed by atoms with van der Waals surface area (Å²) >= 11 is 7.18. The molecule has 1 aliphatic rings. The Labute approximate surface area is 124 Å². The van der Waals surface area contributed by atoms with Crippen LogP contribution in [0.5, 0.6) is 0 Å². The second kappa shape index (κ2) is 5.19. The number of furan rings is 1. The molecule has 1 aromatic carbocycles. The first-order valence-electron chi connectivity index (χ1n) is 5.77. The summed E-state index contributed by atoms with van der Waals surface area (Å²) in [7, 11) is 0. The Hall–Kier alpha value is -1.98. The monoisotopic (exact) mass is 304 g/mol. The quantitative estimate of drug-likeness (QED) is 0.831. The summed E-state index contributed by atoms with van der Waals surface area (Å²) in [6, 6.07) is 11.0. The Bertz CT molecular complexity index is 736. The maximum absolute atomic E-state index is 11.5. The van der Waals surface area contributed by atoms with Crippen molar-refractivity contribution in [1.82, 2.24) is 5.32 Å². The van der Waals surface area contributed by atoms with Crippen LogP contribution < -0.4 is 5.32 Å². The molecule has 20 heavy (non-hydrogen) atoms. The maximum Gasteiger partial charge on any atom is 0.264 e. The Morgan fingerprint density at radius 3 is 2.75 bits per heavy atom. The molecule has 0 saturated carbocycles. The van der Waals surface area contributed by atoms with E-state index in [1.165, 1.54) is 0 Å². The molecule has 0 aliphatic carbocycles. The second-order valence-corrected chi connectivity index (χ2v) is 5.54. The topological polar surface area (TPSA) is 66.1 Å². The van der Waals surface area contributed by atoms with Gasteiger partial charge in [-0.3, -0.25) is 10.2 Å². The van der Waals surface area contributed by atoms with Crippen LogP contribution in [-0.2, 0) is 4.79 Å². The van der Waals surface area contributed by atoms with Crippen molar-refractivity contribution in [1.29, 1.82) is 5.41 Å². The summed E-state index contributed by atoms with van der Waals surface area (Å²) in [6.07, 6.45) is 1.61. The number of thioether (sulfide) groups is 1. The molecule has 2 N–H and O–H groups in total. The van der Waals surface area contributed by atoms with Gasteiger partial charge in [0.05, 0.1) is 9.93 Å². The lowest BCUT2D eigenvalue weighted by atomic mass is 10.2. The number of benzene rings is 1. The van der Waals surface area contributed by atoms with E-state index in [0.717, 1.165) is 17.3 Å². The molecule has 1 amide bonds. The largest absolute Gasteiger partial charge is 0.457 e. The van der Waals surface area contributed by atoms with Gasteiger partial charge >= 0.3 is 0 Å². The van der Waals surface area contributed by atoms with E-state index in [9.17, 15) is 4.79 Å². The average molecular weight is 305 g/mol. The molecule has 1 saturated heterocycles. The van der Waals surface area contributed by atoms with E-state index in [0.29, 0.717) is 21.4 Å². The van der Waals surface area contributed by atoms with Crippen molar-refractivity contribution in [2.75, 3.05) is 0 Å². The normalized spacial score (nSPS) is 16.8. The summed E-state index contributed by atoms with van der Waals surface area (Å²) in [6.45, 7) is 0. The predicted octanol–water partition coefficient (Wildman–Crippen LogP) is 3.74. The summed E-state index contributed by atoms with van der Waals surface area (Å²) in [4.78, 5) is 12.0. The first kappa shape index (κ1) is 13.0. The van der Waals surface area contributed by atoms with Gasteiger partial charge < -0.3 is 9.73 Å². The first-order valence-corrected chi connectivity index (χ1v) is 6.97. The standard InChI is InChI=1S/C14H9ClN2O2S/c15-10-4-2-1-3-9(10)11-6-5-8(19-11)7-12-13(18)17-14(16)20-12/h1-7H,(H2,16,17,18)/b12-7+. The van der Waals surface area contributed by atoms with Crippen molar-refractivity contribution >= 4 is 40.5 Å². The van der Waals surface area contributed by atoms with Gasteiger partial charge in [-0.05, 0) is 36.0 Å². The smallest absolute Gasteiger partial charge is 0.264 e. The molecular formula is C14H9ClN2O2S. The van der Waals surface area contributed by atoms with E-state index in [-0.39, 0.29) is 11.1 Å². The molecule has 0 bridgehead atoms. The molecule has 1 aliphatic heterocycles. The first-order chi connectivity index (χ1) is 9.63. The SMILES string of the molecule is N=C1NC(=O)/C(=C\c2ccc(-c3ccccc3Cl)o2)S1. The molecule has 1 aromatic heterocycles. The van der Waals surface area contributed by atoms with E-state index in [4.69, 9.17) is 21.4 Å². The van der Waals surface area contributed by atoms with Gasteiger partial charge in [0, 0.05) is 11.6 Å². The number of hydrogen-bond donors (Lipinski definition) is 2. The van der Waals surface area contributed by atoms with Crippen LogP contribution in [0.25, 0.3) is 17.4 Å². The van der Waals surface area contributed by atoms with Crippen molar-refractivity contribution in [3.63, 3.8) is 0 Å². The third-order valence-corrected chi connectivity index (χ3v) is 3.86. The highest BCUT2D eigenvalue weighted by Crippen LogP contribution is 2.31. The van der Waals surface area contributed by atoms with Crippen LogP contribution in [0.3, 0.4) is 0 Å². The Morgan fingerprint density at radius 2 is 2.05 bits per heavy atom. The summed E-state index contributed by atoms with van der Waals surface area (Å²) < 4.78 is 5.67. The number of rotatable bonds is 2. The molecule has 100 valence electrons. The number of nitrogens with one attached hydrogen (secondary N) is 2. The number of carbonyl (C=O) groups is 1. The fourth-order valence-electron chi connectivity index (χ4n) is 1.81. The lowest BCUT2D eigenvalue weighted by Gasteiger charge is -1.99. The summed E-state index contributed by atoms with van der Waals surface area (Å²) in [5, 5.41) is 10.5. The highest BCUT2D eigenvalue weighted by molar-refractivity contribution is 8.18.